The standard InChI is InChI=1S/C28H29ClN2O4/c1-3-34-26-13-20(12-23(29)27(26)35-17-19-10-8-18(2)9-11-19)15-30-25(28(32)33)14-21-16-31-24-7-5-4-6-22(21)24/h4-13,16,25,30-31H,3,14-15,17H2,1-2H3,(H,32,33)/t25-/m0/s1. The Morgan fingerprint density at radius 2 is 1.86 bits per heavy atom. The molecule has 1 aromatic heterocycles. The maximum absolute atomic E-state index is 12.0. The van der Waals surface area contributed by atoms with Crippen LogP contribution in [0.3, 0.4) is 0 Å². The molecule has 1 heterocycles. The van der Waals surface area contributed by atoms with E-state index < -0.39 is 12.0 Å². The minimum atomic E-state index is -0.913. The molecule has 0 saturated carbocycles. The highest BCUT2D eigenvalue weighted by Gasteiger charge is 2.20. The Bertz CT molecular complexity index is 1300. The first-order valence-corrected chi connectivity index (χ1v) is 12.0. The minimum absolute atomic E-state index is 0.317. The van der Waals surface area contributed by atoms with Gasteiger partial charge in [0.25, 0.3) is 0 Å². The molecule has 35 heavy (non-hydrogen) atoms. The molecular formula is C28H29ClN2O4. The van der Waals surface area contributed by atoms with Crippen molar-refractivity contribution in [3.63, 3.8) is 0 Å². The summed E-state index contributed by atoms with van der Waals surface area (Å²) in [7, 11) is 0. The molecule has 0 aliphatic heterocycles. The summed E-state index contributed by atoms with van der Waals surface area (Å²) in [5, 5.41) is 14.4. The van der Waals surface area contributed by atoms with Crippen LogP contribution in [-0.2, 0) is 24.4 Å². The van der Waals surface area contributed by atoms with Crippen LogP contribution in [0.25, 0.3) is 10.9 Å². The number of halogens is 1. The van der Waals surface area contributed by atoms with Gasteiger partial charge in [-0.2, -0.15) is 0 Å². The number of aromatic nitrogens is 1. The number of hydrogen-bond donors (Lipinski definition) is 3. The van der Waals surface area contributed by atoms with E-state index in [1.54, 1.807) is 6.07 Å². The van der Waals surface area contributed by atoms with Crippen molar-refractivity contribution in [3.8, 4) is 11.5 Å². The molecule has 0 aliphatic rings. The first kappa shape index (κ1) is 24.6. The van der Waals surface area contributed by atoms with E-state index in [0.717, 1.165) is 27.6 Å². The maximum Gasteiger partial charge on any atom is 0.321 e. The molecule has 3 N–H and O–H groups in total. The molecule has 0 radical (unpaired) electrons. The van der Waals surface area contributed by atoms with Crippen LogP contribution in [0.5, 0.6) is 11.5 Å². The molecule has 4 aromatic rings. The number of ether oxygens (including phenoxy) is 2. The first-order valence-electron chi connectivity index (χ1n) is 11.6. The Kier molecular flexibility index (Phi) is 7.95. The fourth-order valence-corrected chi connectivity index (χ4v) is 4.26. The van der Waals surface area contributed by atoms with E-state index in [9.17, 15) is 9.90 Å². The highest BCUT2D eigenvalue weighted by Crippen LogP contribution is 2.37. The highest BCUT2D eigenvalue weighted by atomic mass is 35.5. The molecule has 0 saturated heterocycles. The third-order valence-electron chi connectivity index (χ3n) is 5.82. The third kappa shape index (κ3) is 6.15. The van der Waals surface area contributed by atoms with Crippen LogP contribution in [0.2, 0.25) is 5.02 Å². The number of carboxylic acids is 1. The topological polar surface area (TPSA) is 83.6 Å². The third-order valence-corrected chi connectivity index (χ3v) is 6.10. The smallest absolute Gasteiger partial charge is 0.321 e. The van der Waals surface area contributed by atoms with Gasteiger partial charge in [-0.1, -0.05) is 59.6 Å². The van der Waals surface area contributed by atoms with Gasteiger partial charge in [0.1, 0.15) is 12.6 Å². The molecule has 0 unspecified atom stereocenters. The Hall–Kier alpha value is -3.48. The molecule has 0 amide bonds. The van der Waals surface area contributed by atoms with E-state index in [1.165, 1.54) is 5.56 Å². The summed E-state index contributed by atoms with van der Waals surface area (Å²) < 4.78 is 11.8. The molecule has 7 heteroatoms. The Balaban J connectivity index is 1.47. The molecule has 0 bridgehead atoms. The lowest BCUT2D eigenvalue weighted by molar-refractivity contribution is -0.139. The SMILES string of the molecule is CCOc1cc(CN[C@@H](Cc2c[nH]c3ccccc23)C(=O)O)cc(Cl)c1OCc1ccc(C)cc1. The lowest BCUT2D eigenvalue weighted by atomic mass is 10.0. The van der Waals surface area contributed by atoms with Crippen molar-refractivity contribution in [2.45, 2.75) is 39.5 Å². The number of carbonyl (C=O) groups is 1. The summed E-state index contributed by atoms with van der Waals surface area (Å²) in [6.07, 6.45) is 2.22. The Labute approximate surface area is 209 Å². The van der Waals surface area contributed by atoms with Crippen LogP contribution >= 0.6 is 11.6 Å². The lowest BCUT2D eigenvalue weighted by Gasteiger charge is -2.18. The van der Waals surface area contributed by atoms with E-state index >= 15 is 0 Å². The highest BCUT2D eigenvalue weighted by molar-refractivity contribution is 6.32. The molecule has 3 aromatic carbocycles. The number of aliphatic carboxylic acids is 1. The van der Waals surface area contributed by atoms with Gasteiger partial charge >= 0.3 is 5.97 Å². The van der Waals surface area contributed by atoms with Gasteiger partial charge in [-0.05, 0) is 48.7 Å². The van der Waals surface area contributed by atoms with Gasteiger partial charge in [0.15, 0.2) is 11.5 Å². The van der Waals surface area contributed by atoms with Gasteiger partial charge in [-0.15, -0.1) is 0 Å². The number of nitrogens with one attached hydrogen (secondary N) is 2. The number of carboxylic acid groups (broad SMARTS) is 1. The summed E-state index contributed by atoms with van der Waals surface area (Å²) >= 11 is 6.57. The van der Waals surface area contributed by atoms with Crippen molar-refractivity contribution in [3.05, 3.63) is 94.1 Å². The van der Waals surface area contributed by atoms with Crippen molar-refractivity contribution >= 4 is 28.5 Å². The van der Waals surface area contributed by atoms with Crippen LogP contribution in [0.1, 0.15) is 29.2 Å². The fourth-order valence-electron chi connectivity index (χ4n) is 3.97. The predicted octanol–water partition coefficient (Wildman–Crippen LogP) is 5.89. The van der Waals surface area contributed by atoms with Crippen molar-refractivity contribution in [2.75, 3.05) is 6.61 Å². The summed E-state index contributed by atoms with van der Waals surface area (Å²) in [5.74, 6) is 0.100. The quantitative estimate of drug-likeness (QED) is 0.243. The fraction of sp³-hybridized carbons (Fsp3) is 0.250. The number of aromatic amines is 1. The zero-order valence-electron chi connectivity index (χ0n) is 19.8. The van der Waals surface area contributed by atoms with Crippen LogP contribution < -0.4 is 14.8 Å². The summed E-state index contributed by atoms with van der Waals surface area (Å²) in [4.78, 5) is 15.2. The zero-order chi connectivity index (χ0) is 24.8. The van der Waals surface area contributed by atoms with E-state index in [2.05, 4.69) is 10.3 Å². The number of H-pyrrole nitrogens is 1. The Morgan fingerprint density at radius 3 is 2.60 bits per heavy atom. The number of benzene rings is 3. The molecule has 0 fully saturated rings. The largest absolute Gasteiger partial charge is 0.490 e. The van der Waals surface area contributed by atoms with Crippen molar-refractivity contribution in [1.82, 2.24) is 10.3 Å². The maximum atomic E-state index is 12.0. The van der Waals surface area contributed by atoms with E-state index in [0.29, 0.717) is 42.7 Å². The predicted molar refractivity (Wildman–Crippen MR) is 138 cm³/mol. The lowest BCUT2D eigenvalue weighted by Crippen LogP contribution is -2.38. The van der Waals surface area contributed by atoms with Crippen molar-refractivity contribution in [1.29, 1.82) is 0 Å². The number of rotatable bonds is 11. The van der Waals surface area contributed by atoms with Gasteiger partial charge < -0.3 is 24.9 Å². The molecule has 1 atom stereocenters. The average molecular weight is 493 g/mol. The number of hydrogen-bond acceptors (Lipinski definition) is 4. The number of para-hydroxylation sites is 1. The molecule has 0 aliphatic carbocycles. The number of aryl methyl sites for hydroxylation is 1. The molecule has 182 valence electrons. The second-order valence-electron chi connectivity index (χ2n) is 8.45. The average Bonchev–Trinajstić information content (AvgIpc) is 3.25. The van der Waals surface area contributed by atoms with Crippen molar-refractivity contribution in [2.24, 2.45) is 0 Å². The summed E-state index contributed by atoms with van der Waals surface area (Å²) in [6, 6.07) is 18.8. The second kappa shape index (κ2) is 11.3. The van der Waals surface area contributed by atoms with E-state index in [-0.39, 0.29) is 0 Å². The van der Waals surface area contributed by atoms with Gasteiger partial charge in [0, 0.05) is 30.1 Å². The van der Waals surface area contributed by atoms with Gasteiger partial charge in [0.2, 0.25) is 0 Å². The normalized spacial score (nSPS) is 12.0. The molecule has 0 spiro atoms. The van der Waals surface area contributed by atoms with Crippen LogP contribution in [0.15, 0.2) is 66.9 Å². The Morgan fingerprint density at radius 1 is 1.09 bits per heavy atom. The zero-order valence-corrected chi connectivity index (χ0v) is 20.6. The van der Waals surface area contributed by atoms with Crippen LogP contribution in [-0.4, -0.2) is 28.7 Å². The van der Waals surface area contributed by atoms with Gasteiger partial charge in [-0.25, -0.2) is 0 Å². The van der Waals surface area contributed by atoms with Crippen LogP contribution in [0.4, 0.5) is 0 Å². The summed E-state index contributed by atoms with van der Waals surface area (Å²) in [6.45, 7) is 5.06. The van der Waals surface area contributed by atoms with Crippen LogP contribution in [0, 0.1) is 6.92 Å². The minimum Gasteiger partial charge on any atom is -0.490 e. The molecule has 6 nitrogen and oxygen atoms in total. The molecule has 4 rings (SSSR count). The van der Waals surface area contributed by atoms with Crippen molar-refractivity contribution < 1.29 is 19.4 Å². The first-order chi connectivity index (χ1) is 16.9. The molecular weight excluding hydrogens is 464 g/mol. The van der Waals surface area contributed by atoms with E-state index in [1.807, 2.05) is 74.6 Å². The van der Waals surface area contributed by atoms with E-state index in [4.69, 9.17) is 21.1 Å². The monoisotopic (exact) mass is 492 g/mol. The number of fused-ring (bicyclic) bond motifs is 1. The summed E-state index contributed by atoms with van der Waals surface area (Å²) in [5.41, 5.74) is 4.96. The second-order valence-corrected chi connectivity index (χ2v) is 8.85. The van der Waals surface area contributed by atoms with Gasteiger partial charge in [-0.3, -0.25) is 4.79 Å². The van der Waals surface area contributed by atoms with Gasteiger partial charge in [0.05, 0.1) is 11.6 Å².